The summed E-state index contributed by atoms with van der Waals surface area (Å²) in [5.41, 5.74) is 2.08. The van der Waals surface area contributed by atoms with E-state index in [1.54, 1.807) is 29.5 Å². The predicted octanol–water partition coefficient (Wildman–Crippen LogP) is 3.63. The molecule has 0 aliphatic heterocycles. The second kappa shape index (κ2) is 5.35. The number of rotatable bonds is 4. The van der Waals surface area contributed by atoms with Gasteiger partial charge in [0.05, 0.1) is 10.9 Å². The van der Waals surface area contributed by atoms with Crippen molar-refractivity contribution in [2.75, 3.05) is 11.6 Å². The van der Waals surface area contributed by atoms with Crippen LogP contribution in [0, 0.1) is 6.92 Å². The van der Waals surface area contributed by atoms with E-state index in [0.717, 1.165) is 5.69 Å². The first kappa shape index (κ1) is 14.1. The zero-order valence-corrected chi connectivity index (χ0v) is 12.8. The number of thiophene rings is 1. The lowest BCUT2D eigenvalue weighted by molar-refractivity contribution is 0.602. The fourth-order valence-corrected chi connectivity index (χ4v) is 3.56. The molecule has 0 fully saturated rings. The van der Waals surface area contributed by atoms with Crippen molar-refractivity contribution in [1.29, 1.82) is 0 Å². The highest BCUT2D eigenvalue weighted by molar-refractivity contribution is 7.90. The number of hydrogen-bond acceptors (Lipinski definition) is 4. The molecule has 1 heterocycles. The van der Waals surface area contributed by atoms with Gasteiger partial charge in [0.1, 0.15) is 0 Å². The maximum absolute atomic E-state index is 11.5. The molecular weight excluding hydrogens is 278 g/mol. The maximum Gasteiger partial charge on any atom is 0.175 e. The maximum atomic E-state index is 11.5. The molecule has 19 heavy (non-hydrogen) atoms. The van der Waals surface area contributed by atoms with Crippen molar-refractivity contribution >= 4 is 26.9 Å². The molecule has 1 N–H and O–H groups in total. The van der Waals surface area contributed by atoms with E-state index < -0.39 is 9.84 Å². The second-order valence-electron chi connectivity index (χ2n) is 4.63. The topological polar surface area (TPSA) is 46.2 Å². The third kappa shape index (κ3) is 3.36. The minimum absolute atomic E-state index is 0.162. The third-order valence-electron chi connectivity index (χ3n) is 2.94. The van der Waals surface area contributed by atoms with Crippen molar-refractivity contribution < 1.29 is 8.42 Å². The fraction of sp³-hybridized carbons (Fsp3) is 0.286. The van der Waals surface area contributed by atoms with Gasteiger partial charge in [-0.3, -0.25) is 0 Å². The lowest BCUT2D eigenvalue weighted by Crippen LogP contribution is -2.07. The molecule has 0 amide bonds. The van der Waals surface area contributed by atoms with E-state index in [4.69, 9.17) is 0 Å². The van der Waals surface area contributed by atoms with Crippen LogP contribution in [0.15, 0.2) is 40.6 Å². The Morgan fingerprint density at radius 1 is 1.26 bits per heavy atom. The van der Waals surface area contributed by atoms with Gasteiger partial charge in [0.25, 0.3) is 0 Å². The Morgan fingerprint density at radius 3 is 2.58 bits per heavy atom. The fourth-order valence-electron chi connectivity index (χ4n) is 1.96. The molecule has 0 saturated heterocycles. The molecule has 5 heteroatoms. The molecule has 0 saturated carbocycles. The molecule has 0 aliphatic carbocycles. The number of anilines is 1. The SMILES string of the molecule is Cc1ccsc1C(C)Nc1cccc(S(C)(=O)=O)c1. The van der Waals surface area contributed by atoms with Gasteiger partial charge in [0.2, 0.25) is 0 Å². The Labute approximate surface area is 118 Å². The lowest BCUT2D eigenvalue weighted by atomic mass is 10.2. The molecule has 0 aliphatic rings. The number of sulfone groups is 1. The zero-order chi connectivity index (χ0) is 14.0. The summed E-state index contributed by atoms with van der Waals surface area (Å²) in [7, 11) is -3.16. The van der Waals surface area contributed by atoms with Crippen LogP contribution in [0.5, 0.6) is 0 Å². The van der Waals surface area contributed by atoms with Crippen molar-refractivity contribution in [3.05, 3.63) is 46.2 Å². The van der Waals surface area contributed by atoms with Crippen LogP contribution in [0.4, 0.5) is 5.69 Å². The number of hydrogen-bond donors (Lipinski definition) is 1. The van der Waals surface area contributed by atoms with Crippen LogP contribution < -0.4 is 5.32 Å². The summed E-state index contributed by atoms with van der Waals surface area (Å²) in [5.74, 6) is 0. The summed E-state index contributed by atoms with van der Waals surface area (Å²) in [5, 5.41) is 5.41. The highest BCUT2D eigenvalue weighted by Crippen LogP contribution is 2.27. The van der Waals surface area contributed by atoms with Gasteiger partial charge >= 0.3 is 0 Å². The predicted molar refractivity (Wildman–Crippen MR) is 80.6 cm³/mol. The minimum atomic E-state index is -3.16. The van der Waals surface area contributed by atoms with Crippen LogP contribution in [0.3, 0.4) is 0 Å². The number of nitrogens with one attached hydrogen (secondary N) is 1. The molecule has 0 bridgehead atoms. The standard InChI is InChI=1S/C14H17NO2S2/c1-10-7-8-18-14(10)11(2)15-12-5-4-6-13(9-12)19(3,16)17/h4-9,11,15H,1-3H3. The molecule has 0 radical (unpaired) electrons. The lowest BCUT2D eigenvalue weighted by Gasteiger charge is -2.15. The Balaban J connectivity index is 2.23. The average molecular weight is 295 g/mol. The molecule has 2 aromatic rings. The highest BCUT2D eigenvalue weighted by atomic mass is 32.2. The molecule has 1 aromatic heterocycles. The van der Waals surface area contributed by atoms with E-state index >= 15 is 0 Å². The summed E-state index contributed by atoms with van der Waals surface area (Å²) < 4.78 is 23.1. The highest BCUT2D eigenvalue weighted by Gasteiger charge is 2.11. The first-order valence-electron chi connectivity index (χ1n) is 5.98. The normalized spacial score (nSPS) is 13.2. The van der Waals surface area contributed by atoms with Crippen molar-refractivity contribution in [1.82, 2.24) is 0 Å². The average Bonchev–Trinajstić information content (AvgIpc) is 2.75. The van der Waals surface area contributed by atoms with E-state index in [-0.39, 0.29) is 6.04 Å². The molecular formula is C14H17NO2S2. The molecule has 102 valence electrons. The van der Waals surface area contributed by atoms with Crippen LogP contribution in [0.25, 0.3) is 0 Å². The van der Waals surface area contributed by atoms with Gasteiger partial charge in [-0.05, 0) is 49.1 Å². The Morgan fingerprint density at radius 2 is 2.00 bits per heavy atom. The Hall–Kier alpha value is -1.33. The van der Waals surface area contributed by atoms with E-state index in [1.165, 1.54) is 16.7 Å². The third-order valence-corrected chi connectivity index (χ3v) is 5.25. The molecule has 1 unspecified atom stereocenters. The molecule has 1 aromatic carbocycles. The van der Waals surface area contributed by atoms with Gasteiger partial charge in [0, 0.05) is 16.8 Å². The molecule has 2 rings (SSSR count). The Bertz CT molecular complexity index is 674. The number of benzene rings is 1. The molecule has 0 spiro atoms. The van der Waals surface area contributed by atoms with Gasteiger partial charge in [-0.1, -0.05) is 6.07 Å². The molecule has 1 atom stereocenters. The summed E-state index contributed by atoms with van der Waals surface area (Å²) in [6.07, 6.45) is 1.22. The summed E-state index contributed by atoms with van der Waals surface area (Å²) in [6, 6.07) is 9.18. The first-order valence-corrected chi connectivity index (χ1v) is 8.75. The van der Waals surface area contributed by atoms with Crippen LogP contribution in [0.2, 0.25) is 0 Å². The monoisotopic (exact) mass is 295 g/mol. The van der Waals surface area contributed by atoms with Crippen LogP contribution in [0.1, 0.15) is 23.4 Å². The van der Waals surface area contributed by atoms with Gasteiger partial charge in [-0.25, -0.2) is 8.42 Å². The zero-order valence-electron chi connectivity index (χ0n) is 11.2. The Kier molecular flexibility index (Phi) is 3.96. The van der Waals surface area contributed by atoms with E-state index in [2.05, 4.69) is 30.6 Å². The van der Waals surface area contributed by atoms with E-state index in [1.807, 2.05) is 6.07 Å². The largest absolute Gasteiger partial charge is 0.378 e. The molecule has 3 nitrogen and oxygen atoms in total. The van der Waals surface area contributed by atoms with Gasteiger partial charge in [0.15, 0.2) is 9.84 Å². The first-order chi connectivity index (χ1) is 8.88. The quantitative estimate of drug-likeness (QED) is 0.937. The minimum Gasteiger partial charge on any atom is -0.378 e. The summed E-state index contributed by atoms with van der Waals surface area (Å²) in [4.78, 5) is 1.61. The van der Waals surface area contributed by atoms with Gasteiger partial charge < -0.3 is 5.32 Å². The van der Waals surface area contributed by atoms with Crippen LogP contribution in [-0.2, 0) is 9.84 Å². The smallest absolute Gasteiger partial charge is 0.175 e. The van der Waals surface area contributed by atoms with Gasteiger partial charge in [-0.2, -0.15) is 0 Å². The summed E-state index contributed by atoms with van der Waals surface area (Å²) >= 11 is 1.71. The van der Waals surface area contributed by atoms with Crippen molar-refractivity contribution in [2.24, 2.45) is 0 Å². The second-order valence-corrected chi connectivity index (χ2v) is 7.60. The summed E-state index contributed by atoms with van der Waals surface area (Å²) in [6.45, 7) is 4.16. The number of aryl methyl sites for hydroxylation is 1. The van der Waals surface area contributed by atoms with E-state index in [9.17, 15) is 8.42 Å². The van der Waals surface area contributed by atoms with Gasteiger partial charge in [-0.15, -0.1) is 11.3 Å². The van der Waals surface area contributed by atoms with Crippen molar-refractivity contribution in [3.8, 4) is 0 Å². The van der Waals surface area contributed by atoms with E-state index in [0.29, 0.717) is 4.90 Å². The van der Waals surface area contributed by atoms with Crippen molar-refractivity contribution in [3.63, 3.8) is 0 Å². The van der Waals surface area contributed by atoms with Crippen LogP contribution in [-0.4, -0.2) is 14.7 Å². The van der Waals surface area contributed by atoms with Crippen LogP contribution >= 0.6 is 11.3 Å². The van der Waals surface area contributed by atoms with Crippen molar-refractivity contribution in [2.45, 2.75) is 24.8 Å².